The first-order valence-electron chi connectivity index (χ1n) is 5.49. The van der Waals surface area contributed by atoms with Crippen molar-refractivity contribution in [1.82, 2.24) is 0 Å². The van der Waals surface area contributed by atoms with Gasteiger partial charge in [-0.3, -0.25) is 0 Å². The first-order valence-corrected chi connectivity index (χ1v) is 5.49. The molecule has 18 heavy (non-hydrogen) atoms. The van der Waals surface area contributed by atoms with Gasteiger partial charge in [0.05, 0.1) is 6.61 Å². The molecule has 0 aliphatic rings. The van der Waals surface area contributed by atoms with Crippen LogP contribution in [0.3, 0.4) is 0 Å². The fourth-order valence-electron chi connectivity index (χ4n) is 1.82. The van der Waals surface area contributed by atoms with Gasteiger partial charge in [0.2, 0.25) is 0 Å². The van der Waals surface area contributed by atoms with Crippen molar-refractivity contribution in [2.75, 3.05) is 5.73 Å². The third-order valence-electron chi connectivity index (χ3n) is 2.76. The van der Waals surface area contributed by atoms with Gasteiger partial charge in [-0.25, -0.2) is 8.78 Å². The number of benzene rings is 2. The number of rotatable bonds is 3. The van der Waals surface area contributed by atoms with Gasteiger partial charge in [-0.2, -0.15) is 0 Å². The lowest BCUT2D eigenvalue weighted by Crippen LogP contribution is -1.94. The van der Waals surface area contributed by atoms with E-state index in [1.807, 2.05) is 0 Å². The predicted octanol–water partition coefficient (Wildman–Crippen LogP) is 3.37. The predicted molar refractivity (Wildman–Crippen MR) is 67.2 cm³/mol. The molecular formula is C14H13F2NO. The van der Waals surface area contributed by atoms with Crippen LogP contribution in [0, 0.1) is 0 Å². The highest BCUT2D eigenvalue weighted by Crippen LogP contribution is 2.32. The number of anilines is 1. The largest absolute Gasteiger partial charge is 0.399 e. The van der Waals surface area contributed by atoms with Crippen molar-refractivity contribution < 1.29 is 13.9 Å². The molecule has 0 atom stereocenters. The van der Waals surface area contributed by atoms with Crippen LogP contribution in [-0.2, 0) is 6.61 Å². The molecule has 94 valence electrons. The van der Waals surface area contributed by atoms with Crippen molar-refractivity contribution in [3.05, 3.63) is 53.6 Å². The number of aliphatic hydroxyl groups is 1. The maximum Gasteiger partial charge on any atom is 0.264 e. The van der Waals surface area contributed by atoms with E-state index in [-0.39, 0.29) is 12.2 Å². The molecular weight excluding hydrogens is 236 g/mol. The number of alkyl halides is 2. The summed E-state index contributed by atoms with van der Waals surface area (Å²) in [6.45, 7) is -0.248. The van der Waals surface area contributed by atoms with E-state index in [0.29, 0.717) is 22.4 Å². The van der Waals surface area contributed by atoms with Crippen LogP contribution < -0.4 is 5.73 Å². The summed E-state index contributed by atoms with van der Waals surface area (Å²) in [6, 6.07) is 11.3. The van der Waals surface area contributed by atoms with Crippen LogP contribution in [0.15, 0.2) is 42.5 Å². The molecule has 2 nitrogen and oxygen atoms in total. The summed E-state index contributed by atoms with van der Waals surface area (Å²) in [6.07, 6.45) is -2.58. The van der Waals surface area contributed by atoms with Gasteiger partial charge in [0.1, 0.15) is 0 Å². The smallest absolute Gasteiger partial charge is 0.264 e. The van der Waals surface area contributed by atoms with Crippen molar-refractivity contribution in [2.45, 2.75) is 13.0 Å². The van der Waals surface area contributed by atoms with Gasteiger partial charge >= 0.3 is 0 Å². The Morgan fingerprint density at radius 3 is 2.28 bits per heavy atom. The molecule has 0 aliphatic carbocycles. The zero-order chi connectivity index (χ0) is 13.1. The van der Waals surface area contributed by atoms with Crippen LogP contribution in [0.2, 0.25) is 0 Å². The van der Waals surface area contributed by atoms with E-state index in [1.165, 1.54) is 6.07 Å². The monoisotopic (exact) mass is 249 g/mol. The summed E-state index contributed by atoms with van der Waals surface area (Å²) in [5, 5.41) is 8.98. The summed E-state index contributed by atoms with van der Waals surface area (Å²) in [7, 11) is 0. The standard InChI is InChI=1S/C14H13F2NO/c15-14(16)13-7-9(8-18)1-6-12(13)10-2-4-11(17)5-3-10/h1-7,14,18H,8,17H2. The second kappa shape index (κ2) is 5.14. The van der Waals surface area contributed by atoms with E-state index >= 15 is 0 Å². The number of nitrogens with two attached hydrogens (primary N) is 1. The molecule has 0 fully saturated rings. The van der Waals surface area contributed by atoms with E-state index in [4.69, 9.17) is 10.8 Å². The molecule has 4 heteroatoms. The molecule has 0 heterocycles. The van der Waals surface area contributed by atoms with Crippen molar-refractivity contribution in [3.8, 4) is 11.1 Å². The highest BCUT2D eigenvalue weighted by molar-refractivity contribution is 5.69. The van der Waals surface area contributed by atoms with Crippen molar-refractivity contribution in [2.24, 2.45) is 0 Å². The summed E-state index contributed by atoms with van der Waals surface area (Å²) in [4.78, 5) is 0. The Morgan fingerprint density at radius 1 is 1.06 bits per heavy atom. The molecule has 0 aromatic heterocycles. The zero-order valence-corrected chi connectivity index (χ0v) is 9.61. The van der Waals surface area contributed by atoms with Crippen molar-refractivity contribution in [1.29, 1.82) is 0 Å². The average Bonchev–Trinajstić information content (AvgIpc) is 2.39. The van der Waals surface area contributed by atoms with Gasteiger partial charge in [0, 0.05) is 11.3 Å². The molecule has 0 saturated heterocycles. The number of nitrogen functional groups attached to an aromatic ring is 1. The van der Waals surface area contributed by atoms with Crippen LogP contribution in [0.4, 0.5) is 14.5 Å². The lowest BCUT2D eigenvalue weighted by atomic mass is 9.97. The number of halogens is 2. The lowest BCUT2D eigenvalue weighted by Gasteiger charge is -2.11. The Hall–Kier alpha value is -1.94. The second-order valence-corrected chi connectivity index (χ2v) is 4.00. The molecule has 0 unspecified atom stereocenters. The van der Waals surface area contributed by atoms with Gasteiger partial charge < -0.3 is 10.8 Å². The van der Waals surface area contributed by atoms with Gasteiger partial charge in [0.25, 0.3) is 6.43 Å². The first-order chi connectivity index (χ1) is 8.61. The van der Waals surface area contributed by atoms with Gasteiger partial charge in [-0.05, 0) is 34.9 Å². The Bertz CT molecular complexity index is 538. The molecule has 2 rings (SSSR count). The molecule has 0 aliphatic heterocycles. The number of hydrogen-bond acceptors (Lipinski definition) is 2. The first kappa shape index (κ1) is 12.5. The Balaban J connectivity index is 2.52. The molecule has 0 spiro atoms. The fourth-order valence-corrected chi connectivity index (χ4v) is 1.82. The van der Waals surface area contributed by atoms with Gasteiger partial charge in [-0.1, -0.05) is 24.3 Å². The number of aliphatic hydroxyl groups excluding tert-OH is 1. The van der Waals surface area contributed by atoms with Crippen LogP contribution >= 0.6 is 0 Å². The summed E-state index contributed by atoms with van der Waals surface area (Å²) < 4.78 is 26.0. The Labute approximate surface area is 104 Å². The molecule has 0 amide bonds. The Kier molecular flexibility index (Phi) is 3.58. The minimum absolute atomic E-state index is 0.0775. The molecule has 2 aromatic carbocycles. The highest BCUT2D eigenvalue weighted by atomic mass is 19.3. The van der Waals surface area contributed by atoms with Crippen LogP contribution in [0.1, 0.15) is 17.6 Å². The molecule has 3 N–H and O–H groups in total. The quantitative estimate of drug-likeness (QED) is 0.819. The summed E-state index contributed by atoms with van der Waals surface area (Å²) >= 11 is 0. The maximum absolute atomic E-state index is 13.0. The molecule has 0 bridgehead atoms. The third-order valence-corrected chi connectivity index (χ3v) is 2.76. The van der Waals surface area contributed by atoms with Gasteiger partial charge in [-0.15, -0.1) is 0 Å². The van der Waals surface area contributed by atoms with Crippen molar-refractivity contribution in [3.63, 3.8) is 0 Å². The number of hydrogen-bond donors (Lipinski definition) is 2. The normalized spacial score (nSPS) is 10.9. The zero-order valence-electron chi connectivity index (χ0n) is 9.61. The average molecular weight is 249 g/mol. The fraction of sp³-hybridized carbons (Fsp3) is 0.143. The summed E-state index contributed by atoms with van der Waals surface area (Å²) in [5.74, 6) is 0. The maximum atomic E-state index is 13.0. The molecule has 0 saturated carbocycles. The summed E-state index contributed by atoms with van der Waals surface area (Å²) in [5.41, 5.74) is 7.70. The van der Waals surface area contributed by atoms with E-state index in [1.54, 1.807) is 36.4 Å². The van der Waals surface area contributed by atoms with E-state index < -0.39 is 6.43 Å². The van der Waals surface area contributed by atoms with E-state index in [9.17, 15) is 8.78 Å². The van der Waals surface area contributed by atoms with E-state index in [0.717, 1.165) is 0 Å². The topological polar surface area (TPSA) is 46.2 Å². The molecule has 2 aromatic rings. The minimum atomic E-state index is -2.58. The van der Waals surface area contributed by atoms with Crippen molar-refractivity contribution >= 4 is 5.69 Å². The highest BCUT2D eigenvalue weighted by Gasteiger charge is 2.14. The van der Waals surface area contributed by atoms with Crippen LogP contribution in [0.25, 0.3) is 11.1 Å². The SMILES string of the molecule is Nc1ccc(-c2ccc(CO)cc2C(F)F)cc1. The van der Waals surface area contributed by atoms with Gasteiger partial charge in [0.15, 0.2) is 0 Å². The minimum Gasteiger partial charge on any atom is -0.399 e. The molecule has 0 radical (unpaired) electrons. The van der Waals surface area contributed by atoms with Crippen LogP contribution in [0.5, 0.6) is 0 Å². The lowest BCUT2D eigenvalue weighted by molar-refractivity contribution is 0.151. The van der Waals surface area contributed by atoms with E-state index in [2.05, 4.69) is 0 Å². The second-order valence-electron chi connectivity index (χ2n) is 4.00. The Morgan fingerprint density at radius 2 is 1.72 bits per heavy atom. The van der Waals surface area contributed by atoms with Crippen LogP contribution in [-0.4, -0.2) is 5.11 Å². The third kappa shape index (κ3) is 2.49.